The fourth-order valence-electron chi connectivity index (χ4n) is 4.71. The minimum Gasteiger partial charge on any atom is -0.324 e. The number of benzene rings is 1. The van der Waals surface area contributed by atoms with E-state index in [1.165, 1.54) is 12.8 Å². The van der Waals surface area contributed by atoms with Gasteiger partial charge >= 0.3 is 6.03 Å². The number of likely N-dealkylation sites (tertiary alicyclic amines) is 1. The molecule has 1 aromatic rings. The minimum absolute atomic E-state index is 0.250. The molecule has 0 radical (unpaired) electrons. The van der Waals surface area contributed by atoms with Crippen LogP contribution in [0.15, 0.2) is 24.3 Å². The lowest BCUT2D eigenvalue weighted by atomic mass is 9.77. The van der Waals surface area contributed by atoms with Gasteiger partial charge in [0, 0.05) is 12.2 Å². The van der Waals surface area contributed by atoms with Crippen molar-refractivity contribution in [1.29, 1.82) is 0 Å². The number of hydrogen-bond donors (Lipinski definition) is 2. The zero-order valence-corrected chi connectivity index (χ0v) is 17.1. The Morgan fingerprint density at radius 1 is 1.17 bits per heavy atom. The maximum Gasteiger partial charge on any atom is 0.325 e. The molecule has 7 heteroatoms. The van der Waals surface area contributed by atoms with Crippen LogP contribution in [-0.2, 0) is 16.1 Å². The molecule has 4 rings (SSSR count). The molecule has 0 unspecified atom stereocenters. The van der Waals surface area contributed by atoms with Gasteiger partial charge in [0.1, 0.15) is 12.1 Å². The predicted octanol–water partition coefficient (Wildman–Crippen LogP) is 2.72. The minimum atomic E-state index is -0.808. The Labute approximate surface area is 171 Å². The first kappa shape index (κ1) is 19.9. The van der Waals surface area contributed by atoms with Crippen molar-refractivity contribution in [2.24, 2.45) is 5.92 Å². The first-order chi connectivity index (χ1) is 14.0. The van der Waals surface area contributed by atoms with E-state index in [4.69, 9.17) is 0 Å². The maximum atomic E-state index is 12.9. The summed E-state index contributed by atoms with van der Waals surface area (Å²) in [6.07, 6.45) is 5.54. The van der Waals surface area contributed by atoms with Crippen LogP contribution in [0.2, 0.25) is 0 Å². The summed E-state index contributed by atoms with van der Waals surface area (Å²) in [7, 11) is 0. The lowest BCUT2D eigenvalue weighted by molar-refractivity contribution is -0.135. The molecule has 29 heavy (non-hydrogen) atoms. The van der Waals surface area contributed by atoms with E-state index >= 15 is 0 Å². The highest BCUT2D eigenvalue weighted by atomic mass is 16.2. The Morgan fingerprint density at radius 2 is 1.86 bits per heavy atom. The summed E-state index contributed by atoms with van der Waals surface area (Å²) in [5.74, 6) is -0.0340. The Hall–Kier alpha value is -2.41. The highest BCUT2D eigenvalue weighted by molar-refractivity contribution is 6.10. The molecule has 3 aliphatic rings. The topological polar surface area (TPSA) is 81.8 Å². The fourth-order valence-corrected chi connectivity index (χ4v) is 4.71. The molecule has 0 atom stereocenters. The molecule has 3 fully saturated rings. The van der Waals surface area contributed by atoms with Gasteiger partial charge in [0.2, 0.25) is 5.91 Å². The third kappa shape index (κ3) is 4.15. The Balaban J connectivity index is 1.40. The largest absolute Gasteiger partial charge is 0.325 e. The number of para-hydroxylation sites is 1. The van der Waals surface area contributed by atoms with Gasteiger partial charge in [-0.25, -0.2) is 4.79 Å². The number of carbonyl (C=O) groups excluding carboxylic acids is 3. The number of rotatable bonds is 5. The zero-order valence-electron chi connectivity index (χ0n) is 17.1. The van der Waals surface area contributed by atoms with Crippen LogP contribution < -0.4 is 10.6 Å². The van der Waals surface area contributed by atoms with Crippen molar-refractivity contribution < 1.29 is 14.4 Å². The lowest BCUT2D eigenvalue weighted by Crippen LogP contribution is -2.49. The number of nitrogens with zero attached hydrogens (tertiary/aromatic N) is 2. The Morgan fingerprint density at radius 3 is 2.59 bits per heavy atom. The van der Waals surface area contributed by atoms with Crippen molar-refractivity contribution in [2.45, 2.75) is 57.5 Å². The van der Waals surface area contributed by atoms with E-state index in [1.807, 2.05) is 24.3 Å². The lowest BCUT2D eigenvalue weighted by Gasteiger charge is -2.33. The first-order valence-electron chi connectivity index (χ1n) is 10.7. The van der Waals surface area contributed by atoms with Crippen LogP contribution in [0, 0.1) is 5.92 Å². The number of nitrogens with one attached hydrogen (secondary N) is 2. The van der Waals surface area contributed by atoms with Crippen LogP contribution in [0.4, 0.5) is 10.5 Å². The van der Waals surface area contributed by atoms with Gasteiger partial charge in [-0.3, -0.25) is 19.4 Å². The third-order valence-electron chi connectivity index (χ3n) is 6.56. The van der Waals surface area contributed by atoms with Gasteiger partial charge in [-0.1, -0.05) is 25.1 Å². The second-order valence-electron chi connectivity index (χ2n) is 8.77. The van der Waals surface area contributed by atoms with E-state index < -0.39 is 11.6 Å². The maximum absolute atomic E-state index is 12.9. The van der Waals surface area contributed by atoms with Gasteiger partial charge in [0.25, 0.3) is 5.91 Å². The summed E-state index contributed by atoms with van der Waals surface area (Å²) in [5, 5.41) is 5.78. The molecule has 1 aromatic carbocycles. The molecule has 7 nitrogen and oxygen atoms in total. The molecular formula is C22H30N4O3. The highest BCUT2D eigenvalue weighted by Crippen LogP contribution is 2.36. The molecule has 0 bridgehead atoms. The summed E-state index contributed by atoms with van der Waals surface area (Å²) in [6, 6.07) is 7.28. The smallest absolute Gasteiger partial charge is 0.324 e. The zero-order chi connectivity index (χ0) is 20.4. The summed E-state index contributed by atoms with van der Waals surface area (Å²) in [4.78, 5) is 41.5. The van der Waals surface area contributed by atoms with E-state index in [2.05, 4.69) is 22.5 Å². The summed E-state index contributed by atoms with van der Waals surface area (Å²) in [6.45, 7) is 4.86. The summed E-state index contributed by atoms with van der Waals surface area (Å²) >= 11 is 0. The highest BCUT2D eigenvalue weighted by Gasteiger charge is 2.52. The standard InChI is InChI=1S/C22H30N4O3/c1-16-8-10-22(11-9-16)20(28)26(21(29)24-22)15-19(27)23-18-7-3-2-6-17(18)14-25-12-4-5-13-25/h2-3,6-7,16H,4-5,8-15H2,1H3,(H,23,27)(H,24,29). The van der Waals surface area contributed by atoms with E-state index in [9.17, 15) is 14.4 Å². The molecular weight excluding hydrogens is 368 g/mol. The Bertz CT molecular complexity index is 795. The quantitative estimate of drug-likeness (QED) is 0.748. The first-order valence-corrected chi connectivity index (χ1v) is 10.7. The molecule has 2 heterocycles. The average molecular weight is 399 g/mol. The number of imide groups is 1. The van der Waals surface area contributed by atoms with E-state index in [-0.39, 0.29) is 18.4 Å². The molecule has 2 N–H and O–H groups in total. The summed E-state index contributed by atoms with van der Waals surface area (Å²) < 4.78 is 0. The van der Waals surface area contributed by atoms with Crippen LogP contribution in [0.5, 0.6) is 0 Å². The molecule has 2 saturated heterocycles. The summed E-state index contributed by atoms with van der Waals surface area (Å²) in [5.41, 5.74) is 0.993. The third-order valence-corrected chi connectivity index (χ3v) is 6.56. The van der Waals surface area contributed by atoms with Crippen molar-refractivity contribution >= 4 is 23.5 Å². The number of urea groups is 1. The van der Waals surface area contributed by atoms with Gasteiger partial charge < -0.3 is 10.6 Å². The number of anilines is 1. The van der Waals surface area contributed by atoms with Crippen LogP contribution >= 0.6 is 0 Å². The van der Waals surface area contributed by atoms with Crippen molar-refractivity contribution in [2.75, 3.05) is 25.0 Å². The van der Waals surface area contributed by atoms with E-state index in [0.717, 1.165) is 48.6 Å². The van der Waals surface area contributed by atoms with Crippen LogP contribution in [-0.4, -0.2) is 52.8 Å². The molecule has 156 valence electrons. The average Bonchev–Trinajstić information content (AvgIpc) is 3.29. The number of carbonyl (C=O) groups is 3. The van der Waals surface area contributed by atoms with Gasteiger partial charge in [0.05, 0.1) is 0 Å². The number of amides is 4. The van der Waals surface area contributed by atoms with Crippen molar-refractivity contribution in [1.82, 2.24) is 15.1 Å². The predicted molar refractivity (Wildman–Crippen MR) is 110 cm³/mol. The molecule has 4 amide bonds. The monoisotopic (exact) mass is 398 g/mol. The fraction of sp³-hybridized carbons (Fsp3) is 0.591. The normalized spacial score (nSPS) is 27.5. The van der Waals surface area contributed by atoms with Gasteiger partial charge in [-0.2, -0.15) is 0 Å². The van der Waals surface area contributed by atoms with Crippen molar-refractivity contribution in [3.8, 4) is 0 Å². The van der Waals surface area contributed by atoms with E-state index in [0.29, 0.717) is 18.8 Å². The van der Waals surface area contributed by atoms with Crippen LogP contribution in [0.1, 0.15) is 51.0 Å². The van der Waals surface area contributed by atoms with E-state index in [1.54, 1.807) is 0 Å². The second kappa shape index (κ2) is 8.14. The van der Waals surface area contributed by atoms with Gasteiger partial charge in [-0.05, 0) is 69.2 Å². The van der Waals surface area contributed by atoms with Crippen molar-refractivity contribution in [3.63, 3.8) is 0 Å². The number of hydrogen-bond acceptors (Lipinski definition) is 4. The molecule has 0 aromatic heterocycles. The van der Waals surface area contributed by atoms with Gasteiger partial charge in [0.15, 0.2) is 0 Å². The molecule has 1 aliphatic carbocycles. The Kier molecular flexibility index (Phi) is 5.58. The molecule has 2 aliphatic heterocycles. The van der Waals surface area contributed by atoms with Crippen LogP contribution in [0.25, 0.3) is 0 Å². The second-order valence-corrected chi connectivity index (χ2v) is 8.77. The van der Waals surface area contributed by atoms with Gasteiger partial charge in [-0.15, -0.1) is 0 Å². The van der Waals surface area contributed by atoms with Crippen molar-refractivity contribution in [3.05, 3.63) is 29.8 Å². The SMILES string of the molecule is CC1CCC2(CC1)NC(=O)N(CC(=O)Nc1ccccc1CN1CCCC1)C2=O. The molecule has 1 spiro atoms. The van der Waals surface area contributed by atoms with Crippen LogP contribution in [0.3, 0.4) is 0 Å². The molecule has 1 saturated carbocycles.